The van der Waals surface area contributed by atoms with E-state index in [-0.39, 0.29) is 5.91 Å². The molecule has 1 aromatic carbocycles. The van der Waals surface area contributed by atoms with Gasteiger partial charge in [0.1, 0.15) is 6.33 Å². The number of fused-ring (bicyclic) bond motifs is 1. The van der Waals surface area contributed by atoms with Gasteiger partial charge in [-0.3, -0.25) is 9.78 Å². The Morgan fingerprint density at radius 1 is 1.30 bits per heavy atom. The average molecular weight is 327 g/mol. The van der Waals surface area contributed by atoms with Gasteiger partial charge >= 0.3 is 0 Å². The molecular formula is C16H17N5OS. The van der Waals surface area contributed by atoms with E-state index in [4.69, 9.17) is 0 Å². The minimum atomic E-state index is 0.0472. The minimum absolute atomic E-state index is 0.0472. The van der Waals surface area contributed by atoms with Gasteiger partial charge < -0.3 is 9.47 Å². The molecule has 0 aliphatic heterocycles. The van der Waals surface area contributed by atoms with E-state index in [2.05, 4.69) is 15.2 Å². The van der Waals surface area contributed by atoms with Crippen LogP contribution in [0.2, 0.25) is 0 Å². The van der Waals surface area contributed by atoms with Crippen molar-refractivity contribution in [2.75, 3.05) is 12.8 Å². The molecule has 2 heterocycles. The predicted octanol–water partition coefficient (Wildman–Crippen LogP) is 2.11. The molecule has 23 heavy (non-hydrogen) atoms. The maximum absolute atomic E-state index is 12.3. The number of hydrogen-bond acceptors (Lipinski definition) is 5. The zero-order chi connectivity index (χ0) is 16.2. The molecule has 0 N–H and O–H groups in total. The van der Waals surface area contributed by atoms with Crippen molar-refractivity contribution in [3.05, 3.63) is 48.4 Å². The molecule has 6 nitrogen and oxygen atoms in total. The third-order valence-corrected chi connectivity index (χ3v) is 4.56. The van der Waals surface area contributed by atoms with Crippen LogP contribution in [0.25, 0.3) is 10.9 Å². The molecule has 0 aliphatic rings. The van der Waals surface area contributed by atoms with Crippen molar-refractivity contribution in [1.29, 1.82) is 0 Å². The van der Waals surface area contributed by atoms with Crippen LogP contribution in [0.1, 0.15) is 5.56 Å². The van der Waals surface area contributed by atoms with Crippen molar-refractivity contribution in [1.82, 2.24) is 24.6 Å². The van der Waals surface area contributed by atoms with Crippen molar-refractivity contribution in [2.24, 2.45) is 7.05 Å². The number of rotatable bonds is 5. The van der Waals surface area contributed by atoms with Gasteiger partial charge in [-0.25, -0.2) is 0 Å². The summed E-state index contributed by atoms with van der Waals surface area (Å²) in [7, 11) is 3.67. The van der Waals surface area contributed by atoms with E-state index in [1.165, 1.54) is 11.8 Å². The molecule has 3 rings (SSSR count). The summed E-state index contributed by atoms with van der Waals surface area (Å²) >= 11 is 1.39. The van der Waals surface area contributed by atoms with Crippen molar-refractivity contribution >= 4 is 28.6 Å². The SMILES string of the molecule is CN(Cc1cccc2cccnc12)C(=O)CSc1nncn1C. The van der Waals surface area contributed by atoms with Crippen LogP contribution in [-0.4, -0.2) is 43.4 Å². The second-order valence-corrected chi connectivity index (χ2v) is 6.20. The van der Waals surface area contributed by atoms with Crippen LogP contribution in [0.15, 0.2) is 48.0 Å². The van der Waals surface area contributed by atoms with Crippen molar-refractivity contribution in [3.63, 3.8) is 0 Å². The fourth-order valence-electron chi connectivity index (χ4n) is 2.28. The lowest BCUT2D eigenvalue weighted by atomic mass is 10.1. The Labute approximate surface area is 138 Å². The van der Waals surface area contributed by atoms with Gasteiger partial charge in [0.25, 0.3) is 0 Å². The van der Waals surface area contributed by atoms with Crippen LogP contribution in [0.5, 0.6) is 0 Å². The molecule has 1 amide bonds. The lowest BCUT2D eigenvalue weighted by Crippen LogP contribution is -2.28. The van der Waals surface area contributed by atoms with Crippen LogP contribution in [-0.2, 0) is 18.4 Å². The standard InChI is InChI=1S/C16H17N5OS/c1-20(14(22)10-23-16-19-18-11-21(16)2)9-13-6-3-5-12-7-4-8-17-15(12)13/h3-8,11H,9-10H2,1-2H3. The molecule has 2 aromatic heterocycles. The second-order valence-electron chi connectivity index (χ2n) is 5.26. The summed E-state index contributed by atoms with van der Waals surface area (Å²) in [6.07, 6.45) is 3.40. The van der Waals surface area contributed by atoms with E-state index in [1.54, 1.807) is 29.0 Å². The second kappa shape index (κ2) is 6.78. The van der Waals surface area contributed by atoms with E-state index >= 15 is 0 Å². The topological polar surface area (TPSA) is 63.9 Å². The number of nitrogens with zero attached hydrogens (tertiary/aromatic N) is 5. The first kappa shape index (κ1) is 15.5. The Morgan fingerprint density at radius 2 is 2.13 bits per heavy atom. The molecular weight excluding hydrogens is 310 g/mol. The van der Waals surface area contributed by atoms with E-state index in [0.29, 0.717) is 12.3 Å². The first-order valence-corrected chi connectivity index (χ1v) is 8.17. The molecule has 0 bridgehead atoms. The van der Waals surface area contributed by atoms with Crippen LogP contribution in [0.4, 0.5) is 0 Å². The highest BCUT2D eigenvalue weighted by Crippen LogP contribution is 2.18. The molecule has 0 atom stereocenters. The van der Waals surface area contributed by atoms with Crippen molar-refractivity contribution in [2.45, 2.75) is 11.7 Å². The largest absolute Gasteiger partial charge is 0.341 e. The summed E-state index contributed by atoms with van der Waals surface area (Å²) < 4.78 is 1.80. The Bertz CT molecular complexity index is 827. The van der Waals surface area contributed by atoms with Gasteiger partial charge in [0, 0.05) is 32.2 Å². The Hall–Kier alpha value is -2.41. The molecule has 3 aromatic rings. The molecule has 0 aliphatic carbocycles. The quantitative estimate of drug-likeness (QED) is 0.672. The number of thioether (sulfide) groups is 1. The van der Waals surface area contributed by atoms with Gasteiger partial charge in [-0.1, -0.05) is 36.0 Å². The summed E-state index contributed by atoms with van der Waals surface area (Å²) in [4.78, 5) is 18.5. The Morgan fingerprint density at radius 3 is 2.91 bits per heavy atom. The minimum Gasteiger partial charge on any atom is -0.341 e. The summed E-state index contributed by atoms with van der Waals surface area (Å²) in [5, 5.41) is 9.59. The van der Waals surface area contributed by atoms with Gasteiger partial charge in [-0.2, -0.15) is 0 Å². The zero-order valence-corrected chi connectivity index (χ0v) is 13.8. The number of pyridine rings is 1. The Balaban J connectivity index is 1.67. The summed E-state index contributed by atoms with van der Waals surface area (Å²) in [5.74, 6) is 0.382. The number of aromatic nitrogens is 4. The highest BCUT2D eigenvalue weighted by Gasteiger charge is 2.13. The predicted molar refractivity (Wildman–Crippen MR) is 89.9 cm³/mol. The molecule has 0 unspecified atom stereocenters. The molecule has 0 saturated carbocycles. The summed E-state index contributed by atoms with van der Waals surface area (Å²) in [5.41, 5.74) is 1.98. The molecule has 0 fully saturated rings. The normalized spacial score (nSPS) is 10.9. The van der Waals surface area contributed by atoms with Crippen molar-refractivity contribution < 1.29 is 4.79 Å². The highest BCUT2D eigenvalue weighted by atomic mass is 32.2. The van der Waals surface area contributed by atoms with E-state index in [1.807, 2.05) is 37.4 Å². The maximum Gasteiger partial charge on any atom is 0.233 e. The molecule has 0 spiro atoms. The average Bonchev–Trinajstić information content (AvgIpc) is 2.98. The van der Waals surface area contributed by atoms with Crippen molar-refractivity contribution in [3.8, 4) is 0 Å². The lowest BCUT2D eigenvalue weighted by molar-refractivity contribution is -0.127. The maximum atomic E-state index is 12.3. The number of carbonyl (C=O) groups excluding carboxylic acids is 1. The smallest absolute Gasteiger partial charge is 0.233 e. The highest BCUT2D eigenvalue weighted by molar-refractivity contribution is 7.99. The fourth-order valence-corrected chi connectivity index (χ4v) is 3.11. The monoisotopic (exact) mass is 327 g/mol. The van der Waals surface area contributed by atoms with Gasteiger partial charge in [0.05, 0.1) is 11.3 Å². The van der Waals surface area contributed by atoms with E-state index in [9.17, 15) is 4.79 Å². The number of para-hydroxylation sites is 1. The number of carbonyl (C=O) groups is 1. The number of benzene rings is 1. The summed E-state index contributed by atoms with van der Waals surface area (Å²) in [6, 6.07) is 9.97. The van der Waals surface area contributed by atoms with Crippen LogP contribution < -0.4 is 0 Å². The number of hydrogen-bond donors (Lipinski definition) is 0. The van der Waals surface area contributed by atoms with Crippen LogP contribution >= 0.6 is 11.8 Å². The van der Waals surface area contributed by atoms with Gasteiger partial charge in [0.15, 0.2) is 5.16 Å². The van der Waals surface area contributed by atoms with Crippen LogP contribution in [0, 0.1) is 0 Å². The Kier molecular flexibility index (Phi) is 4.57. The van der Waals surface area contributed by atoms with Gasteiger partial charge in [-0.05, 0) is 11.6 Å². The van der Waals surface area contributed by atoms with E-state index < -0.39 is 0 Å². The first-order chi connectivity index (χ1) is 11.1. The first-order valence-electron chi connectivity index (χ1n) is 7.18. The number of aryl methyl sites for hydroxylation is 1. The molecule has 7 heteroatoms. The van der Waals surface area contributed by atoms with E-state index in [0.717, 1.165) is 21.6 Å². The van der Waals surface area contributed by atoms with Gasteiger partial charge in [0.2, 0.25) is 5.91 Å². The molecule has 0 saturated heterocycles. The lowest BCUT2D eigenvalue weighted by Gasteiger charge is -2.17. The number of amides is 1. The summed E-state index contributed by atoms with van der Waals surface area (Å²) in [6.45, 7) is 0.534. The third-order valence-electron chi connectivity index (χ3n) is 3.54. The molecule has 118 valence electrons. The molecule has 0 radical (unpaired) electrons. The van der Waals surface area contributed by atoms with Gasteiger partial charge in [-0.15, -0.1) is 10.2 Å². The zero-order valence-electron chi connectivity index (χ0n) is 13.0. The van der Waals surface area contributed by atoms with Crippen LogP contribution in [0.3, 0.4) is 0 Å². The fraction of sp³-hybridized carbons (Fsp3) is 0.250. The third kappa shape index (κ3) is 3.50.